The molecule has 3 fully saturated rings. The molecule has 1 unspecified atom stereocenters. The monoisotopic (exact) mass is 412 g/mol. The van der Waals surface area contributed by atoms with E-state index in [1.54, 1.807) is 6.92 Å². The summed E-state index contributed by atoms with van der Waals surface area (Å²) >= 11 is 0. The van der Waals surface area contributed by atoms with Crippen molar-refractivity contribution >= 4 is 11.8 Å². The van der Waals surface area contributed by atoms with Crippen molar-refractivity contribution in [3.05, 3.63) is 35.9 Å². The Balaban J connectivity index is 1.23. The second kappa shape index (κ2) is 9.51. The van der Waals surface area contributed by atoms with Gasteiger partial charge in [-0.05, 0) is 62.3 Å². The number of piperidine rings is 2. The van der Waals surface area contributed by atoms with Gasteiger partial charge in [0.1, 0.15) is 0 Å². The number of hydrogen-bond acceptors (Lipinski definition) is 3. The highest BCUT2D eigenvalue weighted by Crippen LogP contribution is 2.39. The Bertz CT molecular complexity index is 719. The summed E-state index contributed by atoms with van der Waals surface area (Å²) < 4.78 is 6.20. The summed E-state index contributed by atoms with van der Waals surface area (Å²) in [4.78, 5) is 28.6. The van der Waals surface area contributed by atoms with Gasteiger partial charge in [-0.2, -0.15) is 0 Å². The van der Waals surface area contributed by atoms with Gasteiger partial charge in [-0.15, -0.1) is 0 Å². The zero-order valence-electron chi connectivity index (χ0n) is 18.4. The van der Waals surface area contributed by atoms with E-state index in [0.717, 1.165) is 77.7 Å². The molecular formula is C25H36N2O3. The van der Waals surface area contributed by atoms with Crippen LogP contribution in [0.4, 0.5) is 0 Å². The molecule has 0 aromatic heterocycles. The number of hydrogen-bond donors (Lipinski definition) is 0. The molecule has 3 aliphatic heterocycles. The average Bonchev–Trinajstić information content (AvgIpc) is 2.75. The number of carbonyl (C=O) groups excluding carboxylic acids is 2. The van der Waals surface area contributed by atoms with E-state index in [9.17, 15) is 9.59 Å². The van der Waals surface area contributed by atoms with Crippen LogP contribution in [0.5, 0.6) is 0 Å². The molecule has 3 aliphatic rings. The van der Waals surface area contributed by atoms with Crippen molar-refractivity contribution in [3.8, 4) is 0 Å². The van der Waals surface area contributed by atoms with Crippen LogP contribution in [0.3, 0.4) is 0 Å². The van der Waals surface area contributed by atoms with Crippen LogP contribution in [0.25, 0.3) is 0 Å². The van der Waals surface area contributed by atoms with Crippen LogP contribution in [0.2, 0.25) is 0 Å². The fourth-order valence-electron chi connectivity index (χ4n) is 5.59. The van der Waals surface area contributed by atoms with Gasteiger partial charge < -0.3 is 14.5 Å². The molecule has 30 heavy (non-hydrogen) atoms. The lowest BCUT2D eigenvalue weighted by atomic mass is 9.78. The van der Waals surface area contributed by atoms with Crippen LogP contribution in [0, 0.1) is 11.8 Å². The highest BCUT2D eigenvalue weighted by molar-refractivity contribution is 5.76. The van der Waals surface area contributed by atoms with Gasteiger partial charge in [-0.3, -0.25) is 9.59 Å². The molecule has 0 saturated carbocycles. The summed E-state index contributed by atoms with van der Waals surface area (Å²) in [5.41, 5.74) is 1.29. The fraction of sp³-hybridized carbons (Fsp3) is 0.680. The number of carbonyl (C=O) groups is 2. The van der Waals surface area contributed by atoms with E-state index in [1.807, 2.05) is 4.90 Å². The first kappa shape index (κ1) is 21.4. The molecule has 1 atom stereocenters. The minimum Gasteiger partial charge on any atom is -0.375 e. The number of rotatable bonds is 4. The highest BCUT2D eigenvalue weighted by atomic mass is 16.5. The molecule has 2 amide bonds. The lowest BCUT2D eigenvalue weighted by molar-refractivity contribution is -0.149. The van der Waals surface area contributed by atoms with Crippen molar-refractivity contribution in [1.29, 1.82) is 0 Å². The predicted molar refractivity (Wildman–Crippen MR) is 117 cm³/mol. The van der Waals surface area contributed by atoms with Crippen molar-refractivity contribution in [2.75, 3.05) is 32.8 Å². The second-order valence-electron chi connectivity index (χ2n) is 9.61. The average molecular weight is 413 g/mol. The Morgan fingerprint density at radius 2 is 1.67 bits per heavy atom. The first-order valence-corrected chi connectivity index (χ1v) is 11.7. The van der Waals surface area contributed by atoms with Gasteiger partial charge in [0.2, 0.25) is 11.8 Å². The molecular weight excluding hydrogens is 376 g/mol. The van der Waals surface area contributed by atoms with Gasteiger partial charge in [0.15, 0.2) is 0 Å². The van der Waals surface area contributed by atoms with E-state index < -0.39 is 0 Å². The fourth-order valence-corrected chi connectivity index (χ4v) is 5.59. The lowest BCUT2D eigenvalue weighted by Gasteiger charge is -2.46. The van der Waals surface area contributed by atoms with Crippen molar-refractivity contribution in [2.24, 2.45) is 11.8 Å². The van der Waals surface area contributed by atoms with Gasteiger partial charge in [-0.25, -0.2) is 0 Å². The Labute approximate surface area is 180 Å². The molecule has 3 heterocycles. The molecule has 0 N–H and O–H groups in total. The number of nitrogens with zero attached hydrogens (tertiary/aromatic N) is 2. The van der Waals surface area contributed by atoms with Crippen molar-refractivity contribution in [1.82, 2.24) is 9.80 Å². The van der Waals surface area contributed by atoms with Crippen LogP contribution in [0.15, 0.2) is 30.3 Å². The smallest absolute Gasteiger partial charge is 0.222 e. The summed E-state index contributed by atoms with van der Waals surface area (Å²) in [7, 11) is 0. The quantitative estimate of drug-likeness (QED) is 0.758. The SMILES string of the molecule is CC(=O)N1CCC2(CC1)CC(CC(=O)N1CCC(Cc3ccccc3)CC1)CCO2. The summed E-state index contributed by atoms with van der Waals surface area (Å²) in [6.07, 6.45) is 7.76. The Kier molecular flexibility index (Phi) is 6.77. The lowest BCUT2D eigenvalue weighted by Crippen LogP contribution is -2.51. The predicted octanol–water partition coefficient (Wildman–Crippen LogP) is 3.67. The number of ether oxygens (including phenoxy) is 1. The van der Waals surface area contributed by atoms with Crippen LogP contribution >= 0.6 is 0 Å². The third kappa shape index (κ3) is 5.23. The van der Waals surface area contributed by atoms with Crippen LogP contribution in [-0.4, -0.2) is 60.0 Å². The van der Waals surface area contributed by atoms with Crippen LogP contribution in [-0.2, 0) is 20.7 Å². The third-order valence-electron chi connectivity index (χ3n) is 7.51. The van der Waals surface area contributed by atoms with Gasteiger partial charge in [0, 0.05) is 46.1 Å². The van der Waals surface area contributed by atoms with Gasteiger partial charge >= 0.3 is 0 Å². The van der Waals surface area contributed by atoms with E-state index in [2.05, 4.69) is 35.2 Å². The van der Waals surface area contributed by atoms with E-state index >= 15 is 0 Å². The maximum atomic E-state index is 13.0. The van der Waals surface area contributed by atoms with E-state index in [-0.39, 0.29) is 11.5 Å². The Morgan fingerprint density at radius 3 is 2.33 bits per heavy atom. The van der Waals surface area contributed by atoms with Gasteiger partial charge in [-0.1, -0.05) is 30.3 Å². The summed E-state index contributed by atoms with van der Waals surface area (Å²) in [6, 6.07) is 10.7. The number of benzene rings is 1. The number of amides is 2. The first-order valence-electron chi connectivity index (χ1n) is 11.7. The molecule has 1 spiro atoms. The minimum atomic E-state index is -0.113. The highest BCUT2D eigenvalue weighted by Gasteiger charge is 2.41. The topological polar surface area (TPSA) is 49.9 Å². The summed E-state index contributed by atoms with van der Waals surface area (Å²) in [6.45, 7) is 5.76. The molecule has 164 valence electrons. The minimum absolute atomic E-state index is 0.113. The van der Waals surface area contributed by atoms with Crippen LogP contribution < -0.4 is 0 Å². The van der Waals surface area contributed by atoms with E-state index in [1.165, 1.54) is 5.56 Å². The Hall–Kier alpha value is -1.88. The second-order valence-corrected chi connectivity index (χ2v) is 9.61. The van der Waals surface area contributed by atoms with E-state index in [4.69, 9.17) is 4.74 Å². The zero-order valence-corrected chi connectivity index (χ0v) is 18.4. The maximum absolute atomic E-state index is 13.0. The largest absolute Gasteiger partial charge is 0.375 e. The Morgan fingerprint density at radius 1 is 0.967 bits per heavy atom. The van der Waals surface area contributed by atoms with Gasteiger partial charge in [0.25, 0.3) is 0 Å². The summed E-state index contributed by atoms with van der Waals surface area (Å²) in [5, 5.41) is 0. The summed E-state index contributed by atoms with van der Waals surface area (Å²) in [5.74, 6) is 1.59. The van der Waals surface area contributed by atoms with Crippen molar-refractivity contribution < 1.29 is 14.3 Å². The van der Waals surface area contributed by atoms with Crippen LogP contribution in [0.1, 0.15) is 57.4 Å². The standard InChI is InChI=1S/C25H36N2O3/c1-20(28)26-14-10-25(11-15-26)19-23(9-16-30-25)18-24(29)27-12-7-22(8-13-27)17-21-5-3-2-4-6-21/h2-6,22-23H,7-19H2,1H3. The van der Waals surface area contributed by atoms with Crippen molar-refractivity contribution in [3.63, 3.8) is 0 Å². The molecule has 5 heteroatoms. The molecule has 4 rings (SSSR count). The molecule has 5 nitrogen and oxygen atoms in total. The normalized spacial score (nSPS) is 24.8. The van der Waals surface area contributed by atoms with Gasteiger partial charge in [0.05, 0.1) is 5.60 Å². The third-order valence-corrected chi connectivity index (χ3v) is 7.51. The molecule has 1 aromatic carbocycles. The molecule has 3 saturated heterocycles. The van der Waals surface area contributed by atoms with E-state index in [0.29, 0.717) is 24.2 Å². The zero-order chi connectivity index (χ0) is 21.0. The first-order chi connectivity index (χ1) is 14.5. The molecule has 0 bridgehead atoms. The molecule has 0 radical (unpaired) electrons. The molecule has 1 aromatic rings. The van der Waals surface area contributed by atoms with Crippen molar-refractivity contribution in [2.45, 2.75) is 63.9 Å². The number of likely N-dealkylation sites (tertiary alicyclic amines) is 2. The molecule has 0 aliphatic carbocycles. The maximum Gasteiger partial charge on any atom is 0.222 e.